The molecule has 3 aromatic carbocycles. The second-order valence-electron chi connectivity index (χ2n) is 9.51. The molecule has 4 rings (SSSR count). The van der Waals surface area contributed by atoms with Crippen molar-refractivity contribution in [2.24, 2.45) is 7.05 Å². The maximum atomic E-state index is 13.6. The Morgan fingerprint density at radius 2 is 1.54 bits per heavy atom. The van der Waals surface area contributed by atoms with E-state index in [2.05, 4.69) is 5.32 Å². The summed E-state index contributed by atoms with van der Waals surface area (Å²) in [4.78, 5) is 28.4. The molecule has 1 aromatic heterocycles. The summed E-state index contributed by atoms with van der Waals surface area (Å²) in [7, 11) is 2.77. The minimum Gasteiger partial charge on any atom is -0.350 e. The maximum Gasteiger partial charge on any atom is 0.296 e. The fourth-order valence-corrected chi connectivity index (χ4v) is 5.85. The molecular formula is C29H33N5O4S. The zero-order chi connectivity index (χ0) is 28.3. The van der Waals surface area contributed by atoms with Crippen LogP contribution >= 0.6 is 0 Å². The number of nitrogens with one attached hydrogen (secondary N) is 1. The molecule has 0 saturated heterocycles. The van der Waals surface area contributed by atoms with Crippen LogP contribution in [0.3, 0.4) is 0 Å². The molecule has 9 nitrogen and oxygen atoms in total. The smallest absolute Gasteiger partial charge is 0.296 e. The summed E-state index contributed by atoms with van der Waals surface area (Å²) in [5, 5.41) is 2.92. The quantitative estimate of drug-likeness (QED) is 0.347. The number of hydrogen-bond donors (Lipinski definition) is 1. The molecular weight excluding hydrogens is 514 g/mol. The average Bonchev–Trinajstić information content (AvgIpc) is 3.16. The number of carbonyl (C=O) groups is 1. The third-order valence-electron chi connectivity index (χ3n) is 6.86. The molecule has 0 radical (unpaired) electrons. The van der Waals surface area contributed by atoms with Crippen molar-refractivity contribution in [2.75, 3.05) is 32.0 Å². The first-order chi connectivity index (χ1) is 18.5. The first-order valence-corrected chi connectivity index (χ1v) is 13.9. The Labute approximate surface area is 228 Å². The summed E-state index contributed by atoms with van der Waals surface area (Å²) in [6, 6.07) is 24.6. The summed E-state index contributed by atoms with van der Waals surface area (Å²) < 4.78 is 31.3. The van der Waals surface area contributed by atoms with Gasteiger partial charge in [-0.25, -0.2) is 13.1 Å². The Bertz CT molecular complexity index is 1630. The Morgan fingerprint density at radius 3 is 2.15 bits per heavy atom. The second kappa shape index (κ2) is 11.3. The zero-order valence-electron chi connectivity index (χ0n) is 22.7. The summed E-state index contributed by atoms with van der Waals surface area (Å²) in [6.07, 6.45) is 0. The Hall–Kier alpha value is -4.15. The third kappa shape index (κ3) is 5.52. The Morgan fingerprint density at radius 1 is 0.923 bits per heavy atom. The van der Waals surface area contributed by atoms with E-state index in [1.807, 2.05) is 55.4 Å². The van der Waals surface area contributed by atoms with Gasteiger partial charge in [-0.05, 0) is 56.9 Å². The largest absolute Gasteiger partial charge is 0.350 e. The fraction of sp³-hybridized carbons (Fsp3) is 0.241. The van der Waals surface area contributed by atoms with Crippen LogP contribution in [0.4, 0.5) is 5.69 Å². The number of aromatic nitrogens is 2. The summed E-state index contributed by atoms with van der Waals surface area (Å²) in [6.45, 7) is 2.04. The van der Waals surface area contributed by atoms with Crippen molar-refractivity contribution in [1.82, 2.24) is 19.6 Å². The number of para-hydroxylation sites is 1. The van der Waals surface area contributed by atoms with Gasteiger partial charge in [-0.1, -0.05) is 54.6 Å². The Balaban J connectivity index is 1.60. The molecule has 1 amide bonds. The minimum absolute atomic E-state index is 0.0351. The number of rotatable bonds is 9. The zero-order valence-corrected chi connectivity index (χ0v) is 23.5. The Kier molecular flexibility index (Phi) is 8.08. The molecule has 1 heterocycles. The normalized spacial score (nSPS) is 12.4. The molecule has 0 aliphatic rings. The molecule has 0 saturated carbocycles. The van der Waals surface area contributed by atoms with Crippen LogP contribution in [0.1, 0.15) is 27.7 Å². The predicted molar refractivity (Wildman–Crippen MR) is 153 cm³/mol. The highest BCUT2D eigenvalue weighted by Gasteiger charge is 2.29. The average molecular weight is 548 g/mol. The first kappa shape index (κ1) is 27.9. The molecule has 39 heavy (non-hydrogen) atoms. The van der Waals surface area contributed by atoms with Gasteiger partial charge in [0, 0.05) is 26.2 Å². The number of amides is 1. The van der Waals surface area contributed by atoms with Crippen LogP contribution in [-0.2, 0) is 17.1 Å². The lowest BCUT2D eigenvalue weighted by atomic mass is 10.1. The number of sulfonamides is 1. The van der Waals surface area contributed by atoms with Gasteiger partial charge in [0.25, 0.3) is 21.5 Å². The molecule has 1 unspecified atom stereocenters. The van der Waals surface area contributed by atoms with Gasteiger partial charge in [-0.15, -0.1) is 0 Å². The van der Waals surface area contributed by atoms with Crippen LogP contribution in [0, 0.1) is 6.92 Å². The molecule has 0 fully saturated rings. The van der Waals surface area contributed by atoms with E-state index in [0.717, 1.165) is 9.87 Å². The van der Waals surface area contributed by atoms with Gasteiger partial charge in [-0.2, -0.15) is 0 Å². The number of benzene rings is 3. The molecule has 1 atom stereocenters. The number of carbonyl (C=O) groups excluding carboxylic acids is 1. The van der Waals surface area contributed by atoms with Crippen molar-refractivity contribution in [3.05, 3.63) is 112 Å². The lowest BCUT2D eigenvalue weighted by molar-refractivity contribution is 0.0941. The lowest BCUT2D eigenvalue weighted by Gasteiger charge is -2.25. The summed E-state index contributed by atoms with van der Waals surface area (Å²) in [5.74, 6) is -0.389. The number of likely N-dealkylation sites (N-methyl/N-ethyl adjacent to an activating group) is 1. The van der Waals surface area contributed by atoms with Crippen molar-refractivity contribution in [3.63, 3.8) is 0 Å². The van der Waals surface area contributed by atoms with Gasteiger partial charge in [0.15, 0.2) is 0 Å². The highest BCUT2D eigenvalue weighted by Crippen LogP contribution is 2.25. The van der Waals surface area contributed by atoms with E-state index in [-0.39, 0.29) is 28.1 Å². The number of nitrogens with zero attached hydrogens (tertiary/aromatic N) is 4. The van der Waals surface area contributed by atoms with Gasteiger partial charge < -0.3 is 10.2 Å². The van der Waals surface area contributed by atoms with E-state index >= 15 is 0 Å². The van der Waals surface area contributed by atoms with E-state index in [9.17, 15) is 18.0 Å². The summed E-state index contributed by atoms with van der Waals surface area (Å²) >= 11 is 0. The summed E-state index contributed by atoms with van der Waals surface area (Å²) in [5.41, 5.74) is 1.95. The molecule has 10 heteroatoms. The molecule has 0 bridgehead atoms. The van der Waals surface area contributed by atoms with E-state index in [0.29, 0.717) is 17.9 Å². The van der Waals surface area contributed by atoms with Gasteiger partial charge in [0.2, 0.25) is 0 Å². The van der Waals surface area contributed by atoms with Crippen LogP contribution in [0.15, 0.2) is 94.6 Å². The van der Waals surface area contributed by atoms with E-state index in [1.165, 1.54) is 29.9 Å². The van der Waals surface area contributed by atoms with Gasteiger partial charge in [0.05, 0.1) is 22.3 Å². The van der Waals surface area contributed by atoms with Gasteiger partial charge in [-0.3, -0.25) is 18.6 Å². The second-order valence-corrected chi connectivity index (χ2v) is 11.5. The highest BCUT2D eigenvalue weighted by atomic mass is 32.2. The topological polar surface area (TPSA) is 96.7 Å². The standard InChI is InChI=1S/C29H33N5O4S/c1-21-27(29(36)34(32(21)4)24-16-10-7-11-17-24)33(5)39(37,38)25-18-12-15-23(19-25)28(35)30-20-26(31(2)3)22-13-8-6-9-14-22/h6-19,26H,20H2,1-5H3,(H,30,35). The minimum atomic E-state index is -4.15. The van der Waals surface area contributed by atoms with E-state index in [4.69, 9.17) is 0 Å². The van der Waals surface area contributed by atoms with Crippen molar-refractivity contribution < 1.29 is 13.2 Å². The first-order valence-electron chi connectivity index (χ1n) is 12.5. The molecule has 0 aliphatic carbocycles. The number of hydrogen-bond acceptors (Lipinski definition) is 5. The van der Waals surface area contributed by atoms with Crippen molar-refractivity contribution in [2.45, 2.75) is 17.9 Å². The van der Waals surface area contributed by atoms with E-state index < -0.39 is 15.6 Å². The molecule has 204 valence electrons. The predicted octanol–water partition coefficient (Wildman–Crippen LogP) is 3.34. The van der Waals surface area contributed by atoms with Crippen molar-refractivity contribution in [1.29, 1.82) is 0 Å². The van der Waals surface area contributed by atoms with Crippen LogP contribution in [0.2, 0.25) is 0 Å². The molecule has 0 aliphatic heterocycles. The lowest BCUT2D eigenvalue weighted by Crippen LogP contribution is -2.35. The van der Waals surface area contributed by atoms with Crippen molar-refractivity contribution in [3.8, 4) is 5.69 Å². The van der Waals surface area contributed by atoms with Gasteiger partial charge in [0.1, 0.15) is 5.69 Å². The highest BCUT2D eigenvalue weighted by molar-refractivity contribution is 7.92. The van der Waals surface area contributed by atoms with Crippen LogP contribution in [0.25, 0.3) is 5.69 Å². The molecule has 4 aromatic rings. The molecule has 1 N–H and O–H groups in total. The van der Waals surface area contributed by atoms with Crippen LogP contribution < -0.4 is 15.2 Å². The fourth-order valence-electron chi connectivity index (χ4n) is 4.56. The van der Waals surface area contributed by atoms with Crippen LogP contribution in [-0.4, -0.2) is 56.3 Å². The monoisotopic (exact) mass is 547 g/mol. The maximum absolute atomic E-state index is 13.6. The third-order valence-corrected chi connectivity index (χ3v) is 8.61. The SMILES string of the molecule is Cc1c(N(C)S(=O)(=O)c2cccc(C(=O)NCC(c3ccccc3)N(C)C)c2)c(=O)n(-c2ccccc2)n1C. The number of anilines is 1. The van der Waals surface area contributed by atoms with Gasteiger partial charge >= 0.3 is 0 Å². The van der Waals surface area contributed by atoms with Crippen molar-refractivity contribution >= 4 is 21.6 Å². The van der Waals surface area contributed by atoms with E-state index in [1.54, 1.807) is 49.0 Å². The molecule has 0 spiro atoms. The van der Waals surface area contributed by atoms with Crippen LogP contribution in [0.5, 0.6) is 0 Å².